The molecule has 0 saturated heterocycles. The van der Waals surface area contributed by atoms with Crippen molar-refractivity contribution < 1.29 is 14.3 Å². The summed E-state index contributed by atoms with van der Waals surface area (Å²) in [5, 5.41) is 8.60. The summed E-state index contributed by atoms with van der Waals surface area (Å²) in [4.78, 5) is 28.8. The molecule has 0 radical (unpaired) electrons. The number of fused-ring (bicyclic) bond motifs is 2. The van der Waals surface area contributed by atoms with Gasteiger partial charge in [0, 0.05) is 11.3 Å². The molecule has 1 heterocycles. The molecule has 0 aliphatic heterocycles. The van der Waals surface area contributed by atoms with Crippen LogP contribution in [0, 0.1) is 0 Å². The number of nitrogens with zero attached hydrogens (tertiary/aromatic N) is 1. The highest BCUT2D eigenvalue weighted by atomic mass is 32.1. The van der Waals surface area contributed by atoms with E-state index in [0.717, 1.165) is 38.2 Å². The predicted molar refractivity (Wildman–Crippen MR) is 153 cm³/mol. The van der Waals surface area contributed by atoms with Gasteiger partial charge in [0.05, 0.1) is 16.3 Å². The number of anilines is 1. The van der Waals surface area contributed by atoms with Crippen LogP contribution in [0.15, 0.2) is 84.9 Å². The van der Waals surface area contributed by atoms with E-state index in [1.165, 1.54) is 4.70 Å². The van der Waals surface area contributed by atoms with E-state index in [0.29, 0.717) is 12.3 Å². The maximum atomic E-state index is 12.3. The molecule has 0 unspecified atom stereocenters. The van der Waals surface area contributed by atoms with Gasteiger partial charge in [-0.3, -0.25) is 9.59 Å². The number of benzene rings is 4. The summed E-state index contributed by atoms with van der Waals surface area (Å²) in [6.45, 7) is 3.58. The van der Waals surface area contributed by atoms with E-state index < -0.39 is 12.1 Å². The number of thiazole rings is 1. The zero-order chi connectivity index (χ0) is 26.6. The van der Waals surface area contributed by atoms with Crippen LogP contribution in [0.5, 0.6) is 5.75 Å². The van der Waals surface area contributed by atoms with Crippen molar-refractivity contribution in [1.82, 2.24) is 10.3 Å². The summed E-state index contributed by atoms with van der Waals surface area (Å²) in [5.74, 6) is 0.0919. The molecular formula is C30H28N4O3S. The maximum absolute atomic E-state index is 12.3. The molecule has 5 aromatic rings. The smallest absolute Gasteiger partial charge is 0.246 e. The minimum absolute atomic E-state index is 0.314. The van der Waals surface area contributed by atoms with Crippen molar-refractivity contribution in [2.45, 2.75) is 32.5 Å². The number of hydrogen-bond donors (Lipinski definition) is 3. The highest BCUT2D eigenvalue weighted by molar-refractivity contribution is 7.21. The summed E-state index contributed by atoms with van der Waals surface area (Å²) in [6, 6.07) is 26.6. The first-order valence-corrected chi connectivity index (χ1v) is 13.2. The molecule has 0 aliphatic carbocycles. The summed E-state index contributed by atoms with van der Waals surface area (Å²) in [6.07, 6.45) is 0. The van der Waals surface area contributed by atoms with Crippen LogP contribution in [0.4, 0.5) is 5.69 Å². The molecule has 4 aromatic carbocycles. The van der Waals surface area contributed by atoms with Gasteiger partial charge in [0.15, 0.2) is 0 Å². The largest absolute Gasteiger partial charge is 0.489 e. The number of nitrogens with two attached hydrogens (primary N) is 1. The number of hydrogen-bond acceptors (Lipinski definition) is 6. The van der Waals surface area contributed by atoms with E-state index >= 15 is 0 Å². The molecule has 0 spiro atoms. The second-order valence-electron chi connectivity index (χ2n) is 9.20. The number of amides is 2. The van der Waals surface area contributed by atoms with Gasteiger partial charge >= 0.3 is 0 Å². The Morgan fingerprint density at radius 1 is 0.921 bits per heavy atom. The number of aromatic nitrogens is 1. The third-order valence-electron chi connectivity index (χ3n) is 6.15. The lowest BCUT2D eigenvalue weighted by Gasteiger charge is -2.15. The third kappa shape index (κ3) is 5.82. The molecule has 5 rings (SSSR count). The number of nitrogens with one attached hydrogen (secondary N) is 2. The van der Waals surface area contributed by atoms with Crippen LogP contribution in [0.1, 0.15) is 19.4 Å². The Kier molecular flexibility index (Phi) is 7.35. The number of rotatable bonds is 8. The van der Waals surface area contributed by atoms with E-state index in [-0.39, 0.29) is 11.8 Å². The van der Waals surface area contributed by atoms with Gasteiger partial charge in [-0.15, -0.1) is 11.3 Å². The molecular weight excluding hydrogens is 496 g/mol. The minimum atomic E-state index is -0.693. The third-order valence-corrected chi connectivity index (χ3v) is 7.23. The Labute approximate surface area is 224 Å². The average Bonchev–Trinajstić information content (AvgIpc) is 3.36. The van der Waals surface area contributed by atoms with Crippen molar-refractivity contribution in [3.63, 3.8) is 0 Å². The van der Waals surface area contributed by atoms with Crippen molar-refractivity contribution >= 4 is 49.8 Å². The molecule has 7 nitrogen and oxygen atoms in total. The lowest BCUT2D eigenvalue weighted by Crippen LogP contribution is -2.47. The van der Waals surface area contributed by atoms with Gasteiger partial charge in [0.2, 0.25) is 11.8 Å². The quantitative estimate of drug-likeness (QED) is 0.249. The van der Waals surface area contributed by atoms with Crippen molar-refractivity contribution in [3.8, 4) is 16.3 Å². The fourth-order valence-corrected chi connectivity index (χ4v) is 4.92. The van der Waals surface area contributed by atoms with Gasteiger partial charge in [-0.05, 0) is 72.6 Å². The topological polar surface area (TPSA) is 106 Å². The lowest BCUT2D eigenvalue weighted by molar-refractivity contribution is -0.126. The summed E-state index contributed by atoms with van der Waals surface area (Å²) in [7, 11) is 0. The maximum Gasteiger partial charge on any atom is 0.246 e. The van der Waals surface area contributed by atoms with Crippen LogP contribution >= 0.6 is 11.3 Å². The van der Waals surface area contributed by atoms with Crippen LogP contribution in [0.3, 0.4) is 0 Å². The van der Waals surface area contributed by atoms with E-state index in [4.69, 9.17) is 15.5 Å². The van der Waals surface area contributed by atoms with Crippen LogP contribution in [0.25, 0.3) is 31.6 Å². The average molecular weight is 525 g/mol. The van der Waals surface area contributed by atoms with E-state index in [9.17, 15) is 9.59 Å². The van der Waals surface area contributed by atoms with Crippen molar-refractivity contribution in [1.29, 1.82) is 0 Å². The molecule has 38 heavy (non-hydrogen) atoms. The van der Waals surface area contributed by atoms with Gasteiger partial charge < -0.3 is 21.1 Å². The Morgan fingerprint density at radius 2 is 1.66 bits per heavy atom. The van der Waals surface area contributed by atoms with Gasteiger partial charge in [-0.1, -0.05) is 42.5 Å². The Hall–Kier alpha value is -4.27. The van der Waals surface area contributed by atoms with Crippen molar-refractivity contribution in [2.75, 3.05) is 5.32 Å². The van der Waals surface area contributed by atoms with Gasteiger partial charge in [-0.2, -0.15) is 0 Å². The Morgan fingerprint density at radius 3 is 2.42 bits per heavy atom. The number of carbonyl (C=O) groups is 2. The molecule has 192 valence electrons. The molecule has 1 aromatic heterocycles. The molecule has 2 amide bonds. The molecule has 8 heteroatoms. The standard InChI is InChI=1S/C30H28N4O3S/c1-18(31)28(35)32-19(2)29(36)33-24-12-7-20(8-13-24)17-37-25-14-11-21-15-23(10-9-22(21)16-25)30-34-26-5-3-4-6-27(26)38-30/h3-16,18-19H,17,31H2,1-2H3,(H,32,35)(H,33,36)/t18-,19-/m0/s1. The highest BCUT2D eigenvalue weighted by Crippen LogP contribution is 2.32. The molecule has 0 fully saturated rings. The first kappa shape index (κ1) is 25.4. The Balaban J connectivity index is 1.19. The van der Waals surface area contributed by atoms with E-state index in [1.807, 2.05) is 42.5 Å². The summed E-state index contributed by atoms with van der Waals surface area (Å²) in [5.41, 5.74) is 9.26. The molecule has 0 bridgehead atoms. The van der Waals surface area contributed by atoms with Gasteiger partial charge in [-0.25, -0.2) is 4.98 Å². The van der Waals surface area contributed by atoms with E-state index in [2.05, 4.69) is 41.0 Å². The Bertz CT molecular complexity index is 1580. The van der Waals surface area contributed by atoms with Crippen LogP contribution < -0.4 is 21.1 Å². The zero-order valence-electron chi connectivity index (χ0n) is 21.1. The highest BCUT2D eigenvalue weighted by Gasteiger charge is 2.17. The van der Waals surface area contributed by atoms with Crippen LogP contribution in [-0.2, 0) is 16.2 Å². The zero-order valence-corrected chi connectivity index (χ0v) is 21.9. The summed E-state index contributed by atoms with van der Waals surface area (Å²) < 4.78 is 7.21. The van der Waals surface area contributed by atoms with Crippen molar-refractivity contribution in [2.24, 2.45) is 5.73 Å². The normalized spacial score (nSPS) is 12.7. The molecule has 0 saturated carbocycles. The SMILES string of the molecule is C[C@H](N)C(=O)N[C@@H](C)C(=O)Nc1ccc(COc2ccc3cc(-c4nc5ccccc5s4)ccc3c2)cc1. The molecule has 0 aliphatic rings. The minimum Gasteiger partial charge on any atom is -0.489 e. The second kappa shape index (κ2) is 11.0. The lowest BCUT2D eigenvalue weighted by atomic mass is 10.1. The molecule has 4 N–H and O–H groups in total. The van der Waals surface area contributed by atoms with Crippen LogP contribution in [0.2, 0.25) is 0 Å². The fourth-order valence-electron chi connectivity index (χ4n) is 3.95. The van der Waals surface area contributed by atoms with Crippen LogP contribution in [-0.4, -0.2) is 28.9 Å². The first-order valence-electron chi connectivity index (χ1n) is 12.3. The van der Waals surface area contributed by atoms with E-state index in [1.54, 1.807) is 37.3 Å². The number of ether oxygens (including phenoxy) is 1. The first-order chi connectivity index (χ1) is 18.4. The van der Waals surface area contributed by atoms with Gasteiger partial charge in [0.25, 0.3) is 0 Å². The monoisotopic (exact) mass is 524 g/mol. The van der Waals surface area contributed by atoms with Crippen molar-refractivity contribution in [3.05, 3.63) is 90.5 Å². The summed E-state index contributed by atoms with van der Waals surface area (Å²) >= 11 is 1.70. The molecule has 2 atom stereocenters. The number of para-hydroxylation sites is 1. The fraction of sp³-hybridized carbons (Fsp3) is 0.167. The second-order valence-corrected chi connectivity index (χ2v) is 10.2. The van der Waals surface area contributed by atoms with Gasteiger partial charge in [0.1, 0.15) is 23.4 Å². The predicted octanol–water partition coefficient (Wildman–Crippen LogP) is 5.49. The number of carbonyl (C=O) groups excluding carboxylic acids is 2.